The molecule has 1 N–H and O–H groups in total. The highest BCUT2D eigenvalue weighted by Crippen LogP contribution is 2.24. The summed E-state index contributed by atoms with van der Waals surface area (Å²) < 4.78 is 15.3. The van der Waals surface area contributed by atoms with Crippen LogP contribution in [0.4, 0.5) is 0 Å². The van der Waals surface area contributed by atoms with Gasteiger partial charge in [0.1, 0.15) is 0 Å². The first kappa shape index (κ1) is 14.4. The molecule has 0 atom stereocenters. The monoisotopic (exact) mass is 246 g/mol. The number of carbonyl (C=O) groups is 1. The zero-order valence-electron chi connectivity index (χ0n) is 10.4. The van der Waals surface area contributed by atoms with Crippen molar-refractivity contribution < 1.29 is 24.1 Å². The Balaban J connectivity index is 2.06. The van der Waals surface area contributed by atoms with E-state index in [-0.39, 0.29) is 12.6 Å². The van der Waals surface area contributed by atoms with Gasteiger partial charge in [-0.25, -0.2) is 4.79 Å². The maximum atomic E-state index is 11.5. The molecule has 1 fully saturated rings. The number of methoxy groups -OCH3 is 1. The van der Waals surface area contributed by atoms with Gasteiger partial charge in [0.2, 0.25) is 5.60 Å². The fourth-order valence-electron chi connectivity index (χ4n) is 1.75. The van der Waals surface area contributed by atoms with Crippen LogP contribution in [0.1, 0.15) is 32.1 Å². The summed E-state index contributed by atoms with van der Waals surface area (Å²) in [5, 5.41) is 8.61. The minimum absolute atomic E-state index is 0.263. The molecule has 0 amide bonds. The van der Waals surface area contributed by atoms with Gasteiger partial charge in [-0.3, -0.25) is 0 Å². The molecule has 1 aliphatic rings. The number of ether oxygens (including phenoxy) is 3. The summed E-state index contributed by atoms with van der Waals surface area (Å²) >= 11 is 0. The van der Waals surface area contributed by atoms with Crippen molar-refractivity contribution in [3.63, 3.8) is 0 Å². The first-order valence-corrected chi connectivity index (χ1v) is 6.16. The lowest BCUT2D eigenvalue weighted by Crippen LogP contribution is -2.58. The molecule has 0 spiro atoms. The Hall–Kier alpha value is -0.650. The zero-order chi connectivity index (χ0) is 12.6. The Morgan fingerprint density at radius 2 is 1.88 bits per heavy atom. The molecule has 5 heteroatoms. The average Bonchev–Trinajstić information content (AvgIpc) is 2.30. The van der Waals surface area contributed by atoms with E-state index in [1.807, 2.05) is 0 Å². The SMILES string of the molecule is COC(=O)C1(OCCCCCCCO)COC1. The van der Waals surface area contributed by atoms with Crippen LogP contribution in [0.5, 0.6) is 0 Å². The van der Waals surface area contributed by atoms with Crippen LogP contribution in [0.15, 0.2) is 0 Å². The van der Waals surface area contributed by atoms with Crippen LogP contribution in [0.25, 0.3) is 0 Å². The van der Waals surface area contributed by atoms with E-state index in [1.165, 1.54) is 7.11 Å². The highest BCUT2D eigenvalue weighted by atomic mass is 16.6. The molecule has 0 aromatic rings. The van der Waals surface area contributed by atoms with Crippen LogP contribution >= 0.6 is 0 Å². The molecule has 0 bridgehead atoms. The molecule has 1 heterocycles. The second-order valence-corrected chi connectivity index (χ2v) is 4.32. The summed E-state index contributed by atoms with van der Waals surface area (Å²) in [5.41, 5.74) is -0.847. The standard InChI is InChI=1S/C12H22O5/c1-15-11(14)12(9-16-10-12)17-8-6-4-2-3-5-7-13/h13H,2-10H2,1H3. The highest BCUT2D eigenvalue weighted by Gasteiger charge is 2.48. The second kappa shape index (κ2) is 7.63. The molecule has 0 aromatic carbocycles. The first-order valence-electron chi connectivity index (χ1n) is 6.16. The predicted octanol–water partition coefficient (Wildman–Crippen LogP) is 0.888. The van der Waals surface area contributed by atoms with Crippen LogP contribution in [0.2, 0.25) is 0 Å². The van der Waals surface area contributed by atoms with Crippen molar-refractivity contribution in [2.75, 3.05) is 33.5 Å². The molecule has 0 saturated carbocycles. The van der Waals surface area contributed by atoms with Crippen LogP contribution in [-0.4, -0.2) is 50.2 Å². The molecular weight excluding hydrogens is 224 g/mol. The summed E-state index contributed by atoms with van der Waals surface area (Å²) in [6.07, 6.45) is 4.97. The van der Waals surface area contributed by atoms with Gasteiger partial charge in [-0.15, -0.1) is 0 Å². The van der Waals surface area contributed by atoms with Gasteiger partial charge in [0.15, 0.2) is 0 Å². The van der Waals surface area contributed by atoms with Crippen LogP contribution in [-0.2, 0) is 19.0 Å². The number of hydrogen-bond acceptors (Lipinski definition) is 5. The fraction of sp³-hybridized carbons (Fsp3) is 0.917. The third kappa shape index (κ3) is 4.26. The van der Waals surface area contributed by atoms with Gasteiger partial charge in [0.05, 0.1) is 20.3 Å². The fourth-order valence-corrected chi connectivity index (χ4v) is 1.75. The molecule has 1 saturated heterocycles. The molecule has 0 aromatic heterocycles. The smallest absolute Gasteiger partial charge is 0.343 e. The van der Waals surface area contributed by atoms with Gasteiger partial charge < -0.3 is 19.3 Å². The molecule has 0 unspecified atom stereocenters. The maximum absolute atomic E-state index is 11.5. The topological polar surface area (TPSA) is 65.0 Å². The summed E-state index contributed by atoms with van der Waals surface area (Å²) in [6.45, 7) is 1.41. The van der Waals surface area contributed by atoms with Gasteiger partial charge in [-0.05, 0) is 12.8 Å². The van der Waals surface area contributed by atoms with E-state index in [1.54, 1.807) is 0 Å². The van der Waals surface area contributed by atoms with Gasteiger partial charge >= 0.3 is 5.97 Å². The Bertz CT molecular complexity index is 225. The highest BCUT2D eigenvalue weighted by molar-refractivity contribution is 5.80. The van der Waals surface area contributed by atoms with E-state index in [4.69, 9.17) is 19.3 Å². The molecule has 100 valence electrons. The third-order valence-corrected chi connectivity index (χ3v) is 2.91. The number of aliphatic hydroxyl groups excluding tert-OH is 1. The molecule has 17 heavy (non-hydrogen) atoms. The van der Waals surface area contributed by atoms with E-state index < -0.39 is 5.60 Å². The maximum Gasteiger partial charge on any atom is 0.343 e. The molecule has 5 nitrogen and oxygen atoms in total. The first-order chi connectivity index (χ1) is 8.25. The van der Waals surface area contributed by atoms with E-state index in [2.05, 4.69) is 0 Å². The number of unbranched alkanes of at least 4 members (excludes halogenated alkanes) is 4. The van der Waals surface area contributed by atoms with E-state index in [0.29, 0.717) is 19.8 Å². The van der Waals surface area contributed by atoms with Crippen molar-refractivity contribution in [3.8, 4) is 0 Å². The Morgan fingerprint density at radius 3 is 2.41 bits per heavy atom. The van der Waals surface area contributed by atoms with E-state index in [0.717, 1.165) is 32.1 Å². The molecule has 1 rings (SSSR count). The number of rotatable bonds is 9. The largest absolute Gasteiger partial charge is 0.467 e. The zero-order valence-corrected chi connectivity index (χ0v) is 10.4. The second-order valence-electron chi connectivity index (χ2n) is 4.32. The lowest BCUT2D eigenvalue weighted by atomic mass is 10.0. The van der Waals surface area contributed by atoms with Crippen molar-refractivity contribution in [2.24, 2.45) is 0 Å². The Kier molecular flexibility index (Phi) is 6.47. The minimum atomic E-state index is -0.847. The van der Waals surface area contributed by atoms with Crippen LogP contribution in [0.3, 0.4) is 0 Å². The minimum Gasteiger partial charge on any atom is -0.467 e. The molecular formula is C12H22O5. The molecule has 0 radical (unpaired) electrons. The van der Waals surface area contributed by atoms with Gasteiger partial charge in [-0.1, -0.05) is 19.3 Å². The van der Waals surface area contributed by atoms with Gasteiger partial charge in [0.25, 0.3) is 0 Å². The summed E-state index contributed by atoms with van der Waals surface area (Å²) in [4.78, 5) is 11.5. The third-order valence-electron chi connectivity index (χ3n) is 2.91. The summed E-state index contributed by atoms with van der Waals surface area (Å²) in [5.74, 6) is -0.343. The van der Waals surface area contributed by atoms with Crippen molar-refractivity contribution in [3.05, 3.63) is 0 Å². The lowest BCUT2D eigenvalue weighted by Gasteiger charge is -2.38. The van der Waals surface area contributed by atoms with E-state index in [9.17, 15) is 4.79 Å². The average molecular weight is 246 g/mol. The number of esters is 1. The number of hydrogen-bond donors (Lipinski definition) is 1. The number of carbonyl (C=O) groups excluding carboxylic acids is 1. The van der Waals surface area contributed by atoms with Crippen molar-refractivity contribution in [1.82, 2.24) is 0 Å². The normalized spacial score (nSPS) is 17.5. The van der Waals surface area contributed by atoms with Crippen molar-refractivity contribution >= 4 is 5.97 Å². The van der Waals surface area contributed by atoms with Crippen LogP contribution < -0.4 is 0 Å². The molecule has 1 aliphatic heterocycles. The number of aliphatic hydroxyl groups is 1. The lowest BCUT2D eigenvalue weighted by molar-refractivity contribution is -0.226. The van der Waals surface area contributed by atoms with Gasteiger partial charge in [0, 0.05) is 13.2 Å². The summed E-state index contributed by atoms with van der Waals surface area (Å²) in [6, 6.07) is 0. The molecule has 0 aliphatic carbocycles. The summed E-state index contributed by atoms with van der Waals surface area (Å²) in [7, 11) is 1.36. The van der Waals surface area contributed by atoms with E-state index >= 15 is 0 Å². The Morgan fingerprint density at radius 1 is 1.24 bits per heavy atom. The predicted molar refractivity (Wildman–Crippen MR) is 61.7 cm³/mol. The van der Waals surface area contributed by atoms with Crippen molar-refractivity contribution in [2.45, 2.75) is 37.7 Å². The van der Waals surface area contributed by atoms with Gasteiger partial charge in [-0.2, -0.15) is 0 Å². The quantitative estimate of drug-likeness (QED) is 0.483. The van der Waals surface area contributed by atoms with Crippen molar-refractivity contribution in [1.29, 1.82) is 0 Å². The van der Waals surface area contributed by atoms with Crippen LogP contribution in [0, 0.1) is 0 Å². The Labute approximate surface area is 102 Å².